The van der Waals surface area contributed by atoms with Crippen LogP contribution in [0.2, 0.25) is 0 Å². The number of rotatable bonds is 5. The summed E-state index contributed by atoms with van der Waals surface area (Å²) >= 11 is 0. The Hall–Kier alpha value is -1.88. The van der Waals surface area contributed by atoms with Crippen LogP contribution in [0.3, 0.4) is 0 Å². The van der Waals surface area contributed by atoms with Crippen molar-refractivity contribution in [1.29, 1.82) is 0 Å². The number of likely N-dealkylation sites (N-methyl/N-ethyl adjacent to an activating group) is 1. The highest BCUT2D eigenvalue weighted by molar-refractivity contribution is 5.92. The molecule has 0 fully saturated rings. The Labute approximate surface area is 100 Å². The summed E-state index contributed by atoms with van der Waals surface area (Å²) in [6.45, 7) is 1.89. The molecule has 0 heterocycles. The molecule has 5 nitrogen and oxygen atoms in total. The van der Waals surface area contributed by atoms with Gasteiger partial charge in [0.05, 0.1) is 6.54 Å². The fourth-order valence-electron chi connectivity index (χ4n) is 1.24. The minimum absolute atomic E-state index is 0.0970. The molecule has 0 aliphatic heterocycles. The molecule has 1 aromatic rings. The normalized spacial score (nSPS) is 9.76. The van der Waals surface area contributed by atoms with E-state index in [1.54, 1.807) is 31.3 Å². The van der Waals surface area contributed by atoms with Crippen LogP contribution in [0.1, 0.15) is 12.5 Å². The lowest BCUT2D eigenvalue weighted by Crippen LogP contribution is -2.24. The highest BCUT2D eigenvalue weighted by Crippen LogP contribution is 2.10. The van der Waals surface area contributed by atoms with E-state index in [4.69, 9.17) is 4.74 Å². The summed E-state index contributed by atoms with van der Waals surface area (Å²) in [5.74, 6) is -0.406. The Morgan fingerprint density at radius 1 is 1.24 bits per heavy atom. The number of carbonyl (C=O) groups excluding carboxylic acids is 2. The zero-order chi connectivity index (χ0) is 12.7. The van der Waals surface area contributed by atoms with E-state index in [2.05, 4.69) is 10.6 Å². The van der Waals surface area contributed by atoms with Crippen molar-refractivity contribution in [2.24, 2.45) is 0 Å². The van der Waals surface area contributed by atoms with Crippen LogP contribution >= 0.6 is 0 Å². The van der Waals surface area contributed by atoms with Gasteiger partial charge in [-0.25, -0.2) is 0 Å². The van der Waals surface area contributed by atoms with Crippen molar-refractivity contribution in [3.8, 4) is 0 Å². The van der Waals surface area contributed by atoms with Gasteiger partial charge in [-0.3, -0.25) is 9.59 Å². The maximum atomic E-state index is 11.3. The molecule has 1 amide bonds. The van der Waals surface area contributed by atoms with Gasteiger partial charge in [-0.05, 0) is 24.7 Å². The van der Waals surface area contributed by atoms with Gasteiger partial charge in [0.15, 0.2) is 0 Å². The van der Waals surface area contributed by atoms with E-state index in [1.807, 2.05) is 0 Å². The second-order valence-corrected chi connectivity index (χ2v) is 3.56. The molecule has 0 radical (unpaired) electrons. The van der Waals surface area contributed by atoms with Gasteiger partial charge in [-0.15, -0.1) is 0 Å². The maximum absolute atomic E-state index is 11.3. The molecule has 0 saturated carbocycles. The Morgan fingerprint density at radius 2 is 1.88 bits per heavy atom. The van der Waals surface area contributed by atoms with Crippen LogP contribution in [0.25, 0.3) is 0 Å². The number of esters is 1. The van der Waals surface area contributed by atoms with E-state index >= 15 is 0 Å². The minimum Gasteiger partial charge on any atom is -0.461 e. The average molecular weight is 236 g/mol. The van der Waals surface area contributed by atoms with Crippen molar-refractivity contribution in [2.75, 3.05) is 18.9 Å². The Morgan fingerprint density at radius 3 is 2.41 bits per heavy atom. The fraction of sp³-hybridized carbons (Fsp3) is 0.333. The molecule has 0 saturated heterocycles. The van der Waals surface area contributed by atoms with Crippen molar-refractivity contribution in [3.63, 3.8) is 0 Å². The second kappa shape index (κ2) is 6.65. The minimum atomic E-state index is -0.309. The van der Waals surface area contributed by atoms with E-state index < -0.39 is 0 Å². The third-order valence-electron chi connectivity index (χ3n) is 2.02. The molecule has 0 aromatic heterocycles. The van der Waals surface area contributed by atoms with Gasteiger partial charge in [0.25, 0.3) is 0 Å². The first-order valence-corrected chi connectivity index (χ1v) is 5.28. The number of anilines is 1. The lowest BCUT2D eigenvalue weighted by atomic mass is 10.2. The molecule has 2 N–H and O–H groups in total. The number of nitrogens with one attached hydrogen (secondary N) is 2. The van der Waals surface area contributed by atoms with E-state index in [9.17, 15) is 9.59 Å². The molecule has 1 aromatic carbocycles. The van der Waals surface area contributed by atoms with Crippen LogP contribution < -0.4 is 10.6 Å². The summed E-state index contributed by atoms with van der Waals surface area (Å²) < 4.78 is 4.85. The highest BCUT2D eigenvalue weighted by Gasteiger charge is 2.01. The first kappa shape index (κ1) is 13.2. The smallest absolute Gasteiger partial charge is 0.302 e. The summed E-state index contributed by atoms with van der Waals surface area (Å²) in [7, 11) is 1.71. The topological polar surface area (TPSA) is 67.4 Å². The zero-order valence-corrected chi connectivity index (χ0v) is 9.95. The van der Waals surface area contributed by atoms with Crippen LogP contribution in [0.15, 0.2) is 24.3 Å². The molecule has 0 unspecified atom stereocenters. The Balaban J connectivity index is 2.49. The van der Waals surface area contributed by atoms with Gasteiger partial charge in [0.2, 0.25) is 5.91 Å². The standard InChI is InChI=1S/C12H16N2O3/c1-9(15)17-8-10-3-5-11(6-4-10)14-12(16)7-13-2/h3-6,13H,7-8H2,1-2H3,(H,14,16). The third kappa shape index (κ3) is 5.12. The van der Waals surface area contributed by atoms with Gasteiger partial charge in [0, 0.05) is 12.6 Å². The van der Waals surface area contributed by atoms with Crippen molar-refractivity contribution in [2.45, 2.75) is 13.5 Å². The monoisotopic (exact) mass is 236 g/mol. The molecule has 92 valence electrons. The van der Waals surface area contributed by atoms with E-state index in [-0.39, 0.29) is 25.0 Å². The molecule has 0 aliphatic rings. The molecule has 5 heteroatoms. The second-order valence-electron chi connectivity index (χ2n) is 3.56. The molecule has 17 heavy (non-hydrogen) atoms. The van der Waals surface area contributed by atoms with E-state index in [1.165, 1.54) is 6.92 Å². The Kier molecular flexibility index (Phi) is 5.16. The largest absolute Gasteiger partial charge is 0.461 e. The van der Waals surface area contributed by atoms with E-state index in [0.717, 1.165) is 11.3 Å². The summed E-state index contributed by atoms with van der Waals surface area (Å²) in [6.07, 6.45) is 0. The SMILES string of the molecule is CNCC(=O)Nc1ccc(COC(C)=O)cc1. The predicted octanol–water partition coefficient (Wildman–Crippen LogP) is 0.908. The van der Waals surface area contributed by atoms with Crippen LogP contribution in [0, 0.1) is 0 Å². The molecule has 0 bridgehead atoms. The van der Waals surface area contributed by atoms with Gasteiger partial charge >= 0.3 is 5.97 Å². The molecular weight excluding hydrogens is 220 g/mol. The average Bonchev–Trinajstić information content (AvgIpc) is 2.28. The molecular formula is C12H16N2O3. The quantitative estimate of drug-likeness (QED) is 0.746. The number of amides is 1. The first-order valence-electron chi connectivity index (χ1n) is 5.28. The summed E-state index contributed by atoms with van der Waals surface area (Å²) in [6, 6.07) is 7.15. The summed E-state index contributed by atoms with van der Waals surface area (Å²) in [5.41, 5.74) is 1.60. The highest BCUT2D eigenvalue weighted by atomic mass is 16.5. The summed E-state index contributed by atoms with van der Waals surface area (Å²) in [4.78, 5) is 21.9. The van der Waals surface area contributed by atoms with Gasteiger partial charge in [0.1, 0.15) is 6.61 Å². The molecule has 0 atom stereocenters. The Bertz CT molecular complexity index is 387. The number of carbonyl (C=O) groups is 2. The number of hydrogen-bond donors (Lipinski definition) is 2. The van der Waals surface area contributed by atoms with Crippen LogP contribution in [-0.2, 0) is 20.9 Å². The van der Waals surface area contributed by atoms with Crippen LogP contribution in [0.4, 0.5) is 5.69 Å². The van der Waals surface area contributed by atoms with Gasteiger partial charge < -0.3 is 15.4 Å². The molecule has 0 aliphatic carbocycles. The van der Waals surface area contributed by atoms with Crippen molar-refractivity contribution >= 4 is 17.6 Å². The van der Waals surface area contributed by atoms with Crippen LogP contribution in [-0.4, -0.2) is 25.5 Å². The van der Waals surface area contributed by atoms with Crippen molar-refractivity contribution in [3.05, 3.63) is 29.8 Å². The molecule has 0 spiro atoms. The van der Waals surface area contributed by atoms with E-state index in [0.29, 0.717) is 0 Å². The van der Waals surface area contributed by atoms with Gasteiger partial charge in [-0.2, -0.15) is 0 Å². The van der Waals surface area contributed by atoms with Crippen LogP contribution in [0.5, 0.6) is 0 Å². The summed E-state index contributed by atoms with van der Waals surface area (Å²) in [5, 5.41) is 5.49. The number of benzene rings is 1. The lowest BCUT2D eigenvalue weighted by molar-refractivity contribution is -0.142. The number of hydrogen-bond acceptors (Lipinski definition) is 4. The third-order valence-corrected chi connectivity index (χ3v) is 2.02. The lowest BCUT2D eigenvalue weighted by Gasteiger charge is -2.06. The maximum Gasteiger partial charge on any atom is 0.302 e. The molecule has 1 rings (SSSR count). The first-order chi connectivity index (χ1) is 8.11. The van der Waals surface area contributed by atoms with Crippen molar-refractivity contribution in [1.82, 2.24) is 5.32 Å². The zero-order valence-electron chi connectivity index (χ0n) is 9.95. The fourth-order valence-corrected chi connectivity index (χ4v) is 1.24. The predicted molar refractivity (Wildman–Crippen MR) is 64.5 cm³/mol. The number of ether oxygens (including phenoxy) is 1. The van der Waals surface area contributed by atoms with Crippen molar-refractivity contribution < 1.29 is 14.3 Å². The van der Waals surface area contributed by atoms with Gasteiger partial charge in [-0.1, -0.05) is 12.1 Å².